The number of aryl methyl sites for hydroxylation is 1. The van der Waals surface area contributed by atoms with Crippen LogP contribution in [0.5, 0.6) is 5.75 Å². The highest BCUT2D eigenvalue weighted by molar-refractivity contribution is 5.44. The summed E-state index contributed by atoms with van der Waals surface area (Å²) in [7, 11) is 1.71. The molecule has 1 saturated carbocycles. The minimum absolute atomic E-state index is 0.196. The maximum atomic E-state index is 11.1. The molecule has 4 rings (SSSR count). The predicted octanol–water partition coefficient (Wildman–Crippen LogP) is 4.72. The third-order valence-electron chi connectivity index (χ3n) is 5.89. The molecule has 0 heterocycles. The van der Waals surface area contributed by atoms with Crippen LogP contribution in [0, 0.1) is 12.8 Å². The van der Waals surface area contributed by atoms with Crippen molar-refractivity contribution in [2.75, 3.05) is 7.11 Å². The van der Waals surface area contributed by atoms with Crippen LogP contribution in [0.25, 0.3) is 0 Å². The molecule has 2 unspecified atom stereocenters. The van der Waals surface area contributed by atoms with Gasteiger partial charge in [-0.2, -0.15) is 0 Å². The number of ether oxygens (including phenoxy) is 1. The number of benzene rings is 2. The second-order valence-corrected chi connectivity index (χ2v) is 7.03. The lowest BCUT2D eigenvalue weighted by Crippen LogP contribution is -2.29. The van der Waals surface area contributed by atoms with Gasteiger partial charge in [0, 0.05) is 5.92 Å². The standard InChI is InChI=1S/C21H24O2/c1-13-12-14(10-11-19(13)23-2)20-17-9-5-8-15(17)16-6-3-4-7-18(16)21(20)22/h3-4,6-7,10-12,15,17,20-22H,5,8-9H2,1-2H3/t15-,17-,20?,21?/m0/s1. The minimum Gasteiger partial charge on any atom is -0.496 e. The van der Waals surface area contributed by atoms with Gasteiger partial charge in [-0.25, -0.2) is 0 Å². The number of aliphatic hydroxyl groups is 1. The molecule has 1 fully saturated rings. The normalized spacial score (nSPS) is 29.0. The molecule has 0 radical (unpaired) electrons. The third-order valence-corrected chi connectivity index (χ3v) is 5.89. The smallest absolute Gasteiger partial charge is 0.121 e. The lowest BCUT2D eigenvalue weighted by Gasteiger charge is -2.40. The molecule has 23 heavy (non-hydrogen) atoms. The number of aliphatic hydroxyl groups excluding tert-OH is 1. The molecular formula is C21H24O2. The van der Waals surface area contributed by atoms with Crippen molar-refractivity contribution in [3.63, 3.8) is 0 Å². The van der Waals surface area contributed by atoms with Gasteiger partial charge in [0.25, 0.3) is 0 Å². The molecule has 2 heteroatoms. The van der Waals surface area contributed by atoms with Crippen LogP contribution in [-0.4, -0.2) is 12.2 Å². The van der Waals surface area contributed by atoms with E-state index in [4.69, 9.17) is 4.74 Å². The maximum absolute atomic E-state index is 11.1. The summed E-state index contributed by atoms with van der Waals surface area (Å²) in [6.07, 6.45) is 3.33. The van der Waals surface area contributed by atoms with Crippen molar-refractivity contribution in [2.24, 2.45) is 5.92 Å². The quantitative estimate of drug-likeness (QED) is 0.870. The Bertz CT molecular complexity index is 722. The van der Waals surface area contributed by atoms with Crippen molar-refractivity contribution in [3.05, 3.63) is 64.7 Å². The highest BCUT2D eigenvalue weighted by atomic mass is 16.5. The van der Waals surface area contributed by atoms with Gasteiger partial charge in [0.2, 0.25) is 0 Å². The molecule has 0 spiro atoms. The third kappa shape index (κ3) is 2.28. The van der Waals surface area contributed by atoms with Gasteiger partial charge in [-0.05, 0) is 59.9 Å². The highest BCUT2D eigenvalue weighted by Gasteiger charge is 2.44. The largest absolute Gasteiger partial charge is 0.496 e. The summed E-state index contributed by atoms with van der Waals surface area (Å²) in [5, 5.41) is 11.1. The van der Waals surface area contributed by atoms with Crippen LogP contribution in [0.3, 0.4) is 0 Å². The van der Waals surface area contributed by atoms with Crippen molar-refractivity contribution >= 4 is 0 Å². The van der Waals surface area contributed by atoms with Crippen molar-refractivity contribution in [1.82, 2.24) is 0 Å². The fraction of sp³-hybridized carbons (Fsp3) is 0.429. The summed E-state index contributed by atoms with van der Waals surface area (Å²) in [6, 6.07) is 14.9. The van der Waals surface area contributed by atoms with Crippen molar-refractivity contribution in [1.29, 1.82) is 0 Å². The Labute approximate surface area is 138 Å². The Morgan fingerprint density at radius 3 is 2.57 bits per heavy atom. The number of rotatable bonds is 2. The molecule has 2 aromatic rings. The van der Waals surface area contributed by atoms with Gasteiger partial charge >= 0.3 is 0 Å². The van der Waals surface area contributed by atoms with Gasteiger partial charge in [0.1, 0.15) is 5.75 Å². The number of hydrogen-bond acceptors (Lipinski definition) is 2. The second kappa shape index (κ2) is 5.68. The Morgan fingerprint density at radius 2 is 1.83 bits per heavy atom. The maximum Gasteiger partial charge on any atom is 0.121 e. The van der Waals surface area contributed by atoms with Crippen LogP contribution < -0.4 is 4.74 Å². The average Bonchev–Trinajstić information content (AvgIpc) is 3.05. The van der Waals surface area contributed by atoms with Crippen molar-refractivity contribution in [3.8, 4) is 5.75 Å². The Balaban J connectivity index is 1.81. The fourth-order valence-electron chi connectivity index (χ4n) is 4.89. The molecule has 120 valence electrons. The van der Waals surface area contributed by atoms with E-state index in [0.717, 1.165) is 16.9 Å². The Hall–Kier alpha value is -1.80. The van der Waals surface area contributed by atoms with E-state index in [1.807, 2.05) is 12.1 Å². The van der Waals surface area contributed by atoms with E-state index in [1.54, 1.807) is 7.11 Å². The van der Waals surface area contributed by atoms with E-state index in [0.29, 0.717) is 11.8 Å². The monoisotopic (exact) mass is 308 g/mol. The number of fused-ring (bicyclic) bond motifs is 3. The first-order valence-corrected chi connectivity index (χ1v) is 8.62. The van der Waals surface area contributed by atoms with E-state index < -0.39 is 6.10 Å². The van der Waals surface area contributed by atoms with Gasteiger partial charge in [-0.1, -0.05) is 42.8 Å². The van der Waals surface area contributed by atoms with Gasteiger partial charge in [0.05, 0.1) is 13.2 Å². The molecule has 2 aromatic carbocycles. The summed E-state index contributed by atoms with van der Waals surface area (Å²) in [4.78, 5) is 0. The van der Waals surface area contributed by atoms with Crippen LogP contribution in [0.1, 0.15) is 59.5 Å². The summed E-state index contributed by atoms with van der Waals surface area (Å²) in [6.45, 7) is 2.08. The van der Waals surface area contributed by atoms with Crippen LogP contribution >= 0.6 is 0 Å². The van der Waals surface area contributed by atoms with Crippen LogP contribution in [0.2, 0.25) is 0 Å². The highest BCUT2D eigenvalue weighted by Crippen LogP contribution is 2.56. The van der Waals surface area contributed by atoms with E-state index in [2.05, 4.69) is 37.3 Å². The summed E-state index contributed by atoms with van der Waals surface area (Å²) in [5.74, 6) is 2.26. The van der Waals surface area contributed by atoms with Gasteiger partial charge in [-0.3, -0.25) is 0 Å². The SMILES string of the molecule is COc1ccc(C2C(O)c3ccccc3[C@@H]3CCC[C@H]23)cc1C. The Morgan fingerprint density at radius 1 is 1.04 bits per heavy atom. The zero-order chi connectivity index (χ0) is 16.0. The first-order valence-electron chi connectivity index (χ1n) is 8.62. The molecule has 0 bridgehead atoms. The minimum atomic E-state index is -0.404. The van der Waals surface area contributed by atoms with E-state index in [-0.39, 0.29) is 5.92 Å². The summed E-state index contributed by atoms with van der Waals surface area (Å²) < 4.78 is 5.39. The first-order chi connectivity index (χ1) is 11.2. The van der Waals surface area contributed by atoms with Gasteiger partial charge < -0.3 is 9.84 Å². The van der Waals surface area contributed by atoms with E-state index >= 15 is 0 Å². The van der Waals surface area contributed by atoms with E-state index in [9.17, 15) is 5.11 Å². The first kappa shape index (κ1) is 14.8. The van der Waals surface area contributed by atoms with Crippen LogP contribution in [0.4, 0.5) is 0 Å². The molecule has 0 aliphatic heterocycles. The molecule has 2 nitrogen and oxygen atoms in total. The molecule has 0 saturated heterocycles. The molecule has 0 aromatic heterocycles. The predicted molar refractivity (Wildman–Crippen MR) is 92.0 cm³/mol. The van der Waals surface area contributed by atoms with E-state index in [1.165, 1.54) is 30.4 Å². The molecule has 0 amide bonds. The zero-order valence-electron chi connectivity index (χ0n) is 13.8. The van der Waals surface area contributed by atoms with Crippen LogP contribution in [0.15, 0.2) is 42.5 Å². The fourth-order valence-corrected chi connectivity index (χ4v) is 4.89. The molecule has 1 N–H and O–H groups in total. The molecule has 2 aliphatic carbocycles. The second-order valence-electron chi connectivity index (χ2n) is 7.03. The van der Waals surface area contributed by atoms with Crippen LogP contribution in [-0.2, 0) is 0 Å². The summed E-state index contributed by atoms with van der Waals surface area (Å²) in [5.41, 5.74) is 4.91. The lowest BCUT2D eigenvalue weighted by atomic mass is 9.66. The zero-order valence-corrected chi connectivity index (χ0v) is 13.8. The summed E-state index contributed by atoms with van der Waals surface area (Å²) >= 11 is 0. The lowest BCUT2D eigenvalue weighted by molar-refractivity contribution is 0.0972. The number of methoxy groups -OCH3 is 1. The van der Waals surface area contributed by atoms with Gasteiger partial charge in [-0.15, -0.1) is 0 Å². The van der Waals surface area contributed by atoms with Crippen molar-refractivity contribution in [2.45, 2.75) is 44.1 Å². The Kier molecular flexibility index (Phi) is 3.65. The molecule has 4 atom stereocenters. The van der Waals surface area contributed by atoms with Crippen molar-refractivity contribution < 1.29 is 9.84 Å². The molecule has 2 aliphatic rings. The molecular weight excluding hydrogens is 284 g/mol. The topological polar surface area (TPSA) is 29.5 Å². The average molecular weight is 308 g/mol. The van der Waals surface area contributed by atoms with Gasteiger partial charge in [0.15, 0.2) is 0 Å². The number of hydrogen-bond donors (Lipinski definition) is 1.